The minimum atomic E-state index is -0.386. The zero-order valence-electron chi connectivity index (χ0n) is 16.9. The Morgan fingerprint density at radius 1 is 1.03 bits per heavy atom. The van der Waals surface area contributed by atoms with E-state index in [-0.39, 0.29) is 24.2 Å². The van der Waals surface area contributed by atoms with Gasteiger partial charge in [-0.15, -0.1) is 0 Å². The van der Waals surface area contributed by atoms with Crippen LogP contribution in [0.5, 0.6) is 11.5 Å². The van der Waals surface area contributed by atoms with Gasteiger partial charge in [0.2, 0.25) is 11.8 Å². The quantitative estimate of drug-likeness (QED) is 0.739. The normalized spacial score (nSPS) is 16.0. The van der Waals surface area contributed by atoms with E-state index in [1.807, 2.05) is 24.3 Å². The van der Waals surface area contributed by atoms with Gasteiger partial charge in [-0.25, -0.2) is 0 Å². The zero-order valence-corrected chi connectivity index (χ0v) is 16.9. The molecule has 2 amide bonds. The number of nitrogens with zero attached hydrogens (tertiary/aromatic N) is 1. The highest BCUT2D eigenvalue weighted by atomic mass is 16.5. The minimum Gasteiger partial charge on any atom is -0.493 e. The van der Waals surface area contributed by atoms with Crippen molar-refractivity contribution in [3.05, 3.63) is 53.6 Å². The number of rotatable bonds is 8. The van der Waals surface area contributed by atoms with E-state index < -0.39 is 0 Å². The van der Waals surface area contributed by atoms with E-state index in [1.165, 1.54) is 0 Å². The first-order valence-corrected chi connectivity index (χ1v) is 9.42. The van der Waals surface area contributed by atoms with Gasteiger partial charge in [0.05, 0.1) is 26.7 Å². The van der Waals surface area contributed by atoms with E-state index in [1.54, 1.807) is 44.4 Å². The molecule has 1 N–H and O–H groups in total. The molecule has 2 aromatic rings. The molecule has 7 heteroatoms. The van der Waals surface area contributed by atoms with Gasteiger partial charge in [0.1, 0.15) is 0 Å². The monoisotopic (exact) mass is 398 g/mol. The average molecular weight is 398 g/mol. The molecule has 29 heavy (non-hydrogen) atoms. The molecule has 0 aliphatic carbocycles. The molecule has 0 saturated carbocycles. The number of hydrogen-bond acceptors (Lipinski definition) is 5. The van der Waals surface area contributed by atoms with Crippen LogP contribution in [0.15, 0.2) is 42.5 Å². The van der Waals surface area contributed by atoms with Gasteiger partial charge in [0.15, 0.2) is 11.5 Å². The third-order valence-corrected chi connectivity index (χ3v) is 4.98. The molecule has 0 radical (unpaired) electrons. The van der Waals surface area contributed by atoms with E-state index in [4.69, 9.17) is 14.2 Å². The Morgan fingerprint density at radius 3 is 2.38 bits per heavy atom. The fourth-order valence-electron chi connectivity index (χ4n) is 3.38. The number of benzene rings is 2. The maximum absolute atomic E-state index is 12.6. The summed E-state index contributed by atoms with van der Waals surface area (Å²) in [6.07, 6.45) is 0.187. The standard InChI is InChI=1S/C22H26N2O5/c1-27-14-16-6-4-15(5-7-16)12-23-22(26)17-10-21(25)24(13-17)18-8-9-19(28-2)20(11-18)29-3/h4-9,11,17H,10,12-14H2,1-3H3,(H,23,26). The lowest BCUT2D eigenvalue weighted by Crippen LogP contribution is -2.32. The number of amides is 2. The molecule has 0 aromatic heterocycles. The predicted molar refractivity (Wildman–Crippen MR) is 109 cm³/mol. The third-order valence-electron chi connectivity index (χ3n) is 4.98. The second-order valence-corrected chi connectivity index (χ2v) is 6.91. The van der Waals surface area contributed by atoms with Crippen molar-refractivity contribution in [1.29, 1.82) is 0 Å². The van der Waals surface area contributed by atoms with Crippen LogP contribution in [-0.4, -0.2) is 39.7 Å². The van der Waals surface area contributed by atoms with Crippen molar-refractivity contribution in [2.24, 2.45) is 5.92 Å². The lowest BCUT2D eigenvalue weighted by molar-refractivity contribution is -0.126. The van der Waals surface area contributed by atoms with Crippen LogP contribution in [0.4, 0.5) is 5.69 Å². The predicted octanol–water partition coefficient (Wildman–Crippen LogP) is 2.52. The van der Waals surface area contributed by atoms with Crippen LogP contribution in [0.2, 0.25) is 0 Å². The first kappa shape index (κ1) is 20.7. The van der Waals surface area contributed by atoms with E-state index in [0.29, 0.717) is 36.9 Å². The van der Waals surface area contributed by atoms with Crippen molar-refractivity contribution in [1.82, 2.24) is 5.32 Å². The maximum Gasteiger partial charge on any atom is 0.227 e. The Kier molecular flexibility index (Phi) is 6.72. The summed E-state index contributed by atoms with van der Waals surface area (Å²) in [5.74, 6) is 0.545. The summed E-state index contributed by atoms with van der Waals surface area (Å²) in [4.78, 5) is 26.7. The number of anilines is 1. The lowest BCUT2D eigenvalue weighted by Gasteiger charge is -2.18. The smallest absolute Gasteiger partial charge is 0.227 e. The van der Waals surface area contributed by atoms with Crippen LogP contribution in [0.1, 0.15) is 17.5 Å². The summed E-state index contributed by atoms with van der Waals surface area (Å²) < 4.78 is 15.6. The Hall–Kier alpha value is -3.06. The molecular formula is C22H26N2O5. The summed E-state index contributed by atoms with van der Waals surface area (Å²) in [5, 5.41) is 2.93. The highest BCUT2D eigenvalue weighted by Gasteiger charge is 2.35. The average Bonchev–Trinajstić information content (AvgIpc) is 3.14. The van der Waals surface area contributed by atoms with Gasteiger partial charge in [-0.2, -0.15) is 0 Å². The molecule has 1 heterocycles. The van der Waals surface area contributed by atoms with Crippen LogP contribution in [0.3, 0.4) is 0 Å². The number of methoxy groups -OCH3 is 3. The van der Waals surface area contributed by atoms with Crippen molar-refractivity contribution >= 4 is 17.5 Å². The molecule has 1 saturated heterocycles. The SMILES string of the molecule is COCc1ccc(CNC(=O)C2CC(=O)N(c3ccc(OC)c(OC)c3)C2)cc1. The summed E-state index contributed by atoms with van der Waals surface area (Å²) in [5.41, 5.74) is 2.77. The topological polar surface area (TPSA) is 77.1 Å². The second kappa shape index (κ2) is 9.43. The van der Waals surface area contributed by atoms with Gasteiger partial charge in [0.25, 0.3) is 0 Å². The fraction of sp³-hybridized carbons (Fsp3) is 0.364. The molecule has 1 fully saturated rings. The number of carbonyl (C=O) groups is 2. The summed E-state index contributed by atoms with van der Waals surface area (Å²) in [6.45, 7) is 1.32. The molecule has 1 atom stereocenters. The molecule has 1 aliphatic rings. The fourth-order valence-corrected chi connectivity index (χ4v) is 3.38. The van der Waals surface area contributed by atoms with Crippen LogP contribution >= 0.6 is 0 Å². The molecule has 0 spiro atoms. The van der Waals surface area contributed by atoms with Gasteiger partial charge in [-0.1, -0.05) is 24.3 Å². The van der Waals surface area contributed by atoms with Gasteiger partial charge in [-0.3, -0.25) is 9.59 Å². The molecule has 3 rings (SSSR count). The zero-order chi connectivity index (χ0) is 20.8. The van der Waals surface area contributed by atoms with Crippen LogP contribution in [-0.2, 0) is 27.5 Å². The Bertz CT molecular complexity index is 866. The Balaban J connectivity index is 1.60. The van der Waals surface area contributed by atoms with Crippen LogP contribution < -0.4 is 19.7 Å². The largest absolute Gasteiger partial charge is 0.493 e. The highest BCUT2D eigenvalue weighted by molar-refractivity contribution is 6.00. The molecular weight excluding hydrogens is 372 g/mol. The number of hydrogen-bond donors (Lipinski definition) is 1. The summed E-state index contributed by atoms with van der Waals surface area (Å²) in [7, 11) is 4.76. The summed E-state index contributed by atoms with van der Waals surface area (Å²) >= 11 is 0. The van der Waals surface area contributed by atoms with Crippen molar-refractivity contribution in [3.8, 4) is 11.5 Å². The number of nitrogens with one attached hydrogen (secondary N) is 1. The van der Waals surface area contributed by atoms with Crippen molar-refractivity contribution < 1.29 is 23.8 Å². The molecule has 0 bridgehead atoms. The van der Waals surface area contributed by atoms with Crippen molar-refractivity contribution in [3.63, 3.8) is 0 Å². The summed E-state index contributed by atoms with van der Waals surface area (Å²) in [6, 6.07) is 13.2. The Morgan fingerprint density at radius 2 is 1.72 bits per heavy atom. The van der Waals surface area contributed by atoms with E-state index in [9.17, 15) is 9.59 Å². The van der Waals surface area contributed by atoms with Crippen molar-refractivity contribution in [2.45, 2.75) is 19.6 Å². The van der Waals surface area contributed by atoms with E-state index in [2.05, 4.69) is 5.32 Å². The van der Waals surface area contributed by atoms with Crippen LogP contribution in [0.25, 0.3) is 0 Å². The molecule has 1 unspecified atom stereocenters. The lowest BCUT2D eigenvalue weighted by atomic mass is 10.1. The van der Waals surface area contributed by atoms with Crippen molar-refractivity contribution in [2.75, 3.05) is 32.8 Å². The number of ether oxygens (including phenoxy) is 3. The van der Waals surface area contributed by atoms with Gasteiger partial charge < -0.3 is 24.4 Å². The maximum atomic E-state index is 12.6. The van der Waals surface area contributed by atoms with Gasteiger partial charge >= 0.3 is 0 Å². The minimum absolute atomic E-state index is 0.0821. The van der Waals surface area contributed by atoms with E-state index in [0.717, 1.165) is 11.1 Å². The number of carbonyl (C=O) groups excluding carboxylic acids is 2. The molecule has 2 aromatic carbocycles. The van der Waals surface area contributed by atoms with Gasteiger partial charge in [0, 0.05) is 38.4 Å². The van der Waals surface area contributed by atoms with Gasteiger partial charge in [-0.05, 0) is 23.3 Å². The second-order valence-electron chi connectivity index (χ2n) is 6.91. The Labute approximate surface area is 170 Å². The van der Waals surface area contributed by atoms with E-state index >= 15 is 0 Å². The molecule has 154 valence electrons. The molecule has 1 aliphatic heterocycles. The molecule has 7 nitrogen and oxygen atoms in total. The highest BCUT2D eigenvalue weighted by Crippen LogP contribution is 2.34. The third kappa shape index (κ3) is 4.86. The van der Waals surface area contributed by atoms with Crippen LogP contribution in [0, 0.1) is 5.92 Å². The first-order valence-electron chi connectivity index (χ1n) is 9.42. The first-order chi connectivity index (χ1) is 14.0.